The Labute approximate surface area is 191 Å². The third kappa shape index (κ3) is 3.69. The van der Waals surface area contributed by atoms with E-state index in [1.165, 1.54) is 35.2 Å². The number of ether oxygens (including phenoxy) is 1. The van der Waals surface area contributed by atoms with E-state index in [0.717, 1.165) is 36.6 Å². The van der Waals surface area contributed by atoms with E-state index in [4.69, 9.17) is 14.8 Å². The van der Waals surface area contributed by atoms with Crippen molar-refractivity contribution in [2.45, 2.75) is 70.6 Å². The molecule has 1 saturated heterocycles. The van der Waals surface area contributed by atoms with Gasteiger partial charge in [-0.3, -0.25) is 4.90 Å². The Morgan fingerprint density at radius 2 is 1.97 bits per heavy atom. The molecule has 0 saturated carbocycles. The van der Waals surface area contributed by atoms with Crippen LogP contribution in [-0.4, -0.2) is 51.6 Å². The fourth-order valence-corrected chi connectivity index (χ4v) is 5.40. The van der Waals surface area contributed by atoms with Crippen LogP contribution < -0.4 is 4.74 Å². The summed E-state index contributed by atoms with van der Waals surface area (Å²) >= 11 is 0. The summed E-state index contributed by atoms with van der Waals surface area (Å²) in [6.45, 7) is 8.48. The summed E-state index contributed by atoms with van der Waals surface area (Å²) in [5.41, 5.74) is 7.43. The van der Waals surface area contributed by atoms with E-state index in [1.807, 2.05) is 0 Å². The number of hydrogen-bond acceptors (Lipinski definition) is 5. The molecule has 0 aliphatic carbocycles. The molecular weight excluding hydrogens is 398 g/mol. The lowest BCUT2D eigenvalue weighted by molar-refractivity contribution is 0.165. The second-order valence-electron chi connectivity index (χ2n) is 10.7. The highest BCUT2D eigenvalue weighted by Crippen LogP contribution is 2.44. The van der Waals surface area contributed by atoms with Crippen LogP contribution in [0.2, 0.25) is 0 Å². The minimum atomic E-state index is 0.0267. The maximum atomic E-state index is 5.60. The topological polar surface area (TPSA) is 45.9 Å². The first-order valence-corrected chi connectivity index (χ1v) is 11.7. The standard InChI is InChI=1S/C26H35N5O/c1-26(2,3)24-13-25-27-14-20-21-9-8-19(12-22(20)31(25)28-24)30(21)15-17-7-10-23(32-6)18(11-17)16-29(4)5/h7,10-11,13-14,19,21H,8-9,12,15-16H2,1-6H3. The molecule has 2 bridgehead atoms. The molecule has 1 aromatic carbocycles. The van der Waals surface area contributed by atoms with Crippen molar-refractivity contribution in [3.05, 3.63) is 58.5 Å². The highest BCUT2D eigenvalue weighted by molar-refractivity contribution is 5.46. The van der Waals surface area contributed by atoms with Crippen molar-refractivity contribution in [1.82, 2.24) is 24.4 Å². The molecule has 6 heteroatoms. The molecule has 5 rings (SSSR count). The van der Waals surface area contributed by atoms with Gasteiger partial charge in [0.2, 0.25) is 0 Å². The van der Waals surface area contributed by atoms with Gasteiger partial charge in [-0.1, -0.05) is 26.8 Å². The number of rotatable bonds is 5. The van der Waals surface area contributed by atoms with Crippen molar-refractivity contribution in [2.75, 3.05) is 21.2 Å². The monoisotopic (exact) mass is 433 g/mol. The van der Waals surface area contributed by atoms with E-state index in [-0.39, 0.29) is 5.41 Å². The zero-order valence-electron chi connectivity index (χ0n) is 20.2. The van der Waals surface area contributed by atoms with Crippen molar-refractivity contribution >= 4 is 5.65 Å². The van der Waals surface area contributed by atoms with Gasteiger partial charge in [-0.25, -0.2) is 9.50 Å². The Morgan fingerprint density at radius 3 is 2.69 bits per heavy atom. The Kier molecular flexibility index (Phi) is 5.25. The van der Waals surface area contributed by atoms with Gasteiger partial charge >= 0.3 is 0 Å². The predicted molar refractivity (Wildman–Crippen MR) is 127 cm³/mol. The maximum Gasteiger partial charge on any atom is 0.155 e. The lowest BCUT2D eigenvalue weighted by Gasteiger charge is -2.36. The highest BCUT2D eigenvalue weighted by atomic mass is 16.5. The molecule has 0 N–H and O–H groups in total. The number of aromatic nitrogens is 3. The predicted octanol–water partition coefficient (Wildman–Crippen LogP) is 4.36. The molecular formula is C26H35N5O. The first-order chi connectivity index (χ1) is 15.2. The first kappa shape index (κ1) is 21.4. The number of hydrogen-bond donors (Lipinski definition) is 0. The largest absolute Gasteiger partial charge is 0.496 e. The average molecular weight is 434 g/mol. The second-order valence-corrected chi connectivity index (χ2v) is 10.7. The molecule has 2 aliphatic heterocycles. The van der Waals surface area contributed by atoms with Crippen molar-refractivity contribution < 1.29 is 4.74 Å². The van der Waals surface area contributed by atoms with E-state index in [0.29, 0.717) is 12.1 Å². The van der Waals surface area contributed by atoms with Crippen LogP contribution in [0.5, 0.6) is 5.75 Å². The Balaban J connectivity index is 1.46. The molecule has 0 amide bonds. The summed E-state index contributed by atoms with van der Waals surface area (Å²) in [7, 11) is 5.95. The van der Waals surface area contributed by atoms with Crippen LogP contribution in [0.3, 0.4) is 0 Å². The van der Waals surface area contributed by atoms with Crippen LogP contribution in [-0.2, 0) is 24.9 Å². The summed E-state index contributed by atoms with van der Waals surface area (Å²) in [5, 5.41) is 4.98. The van der Waals surface area contributed by atoms with Gasteiger partial charge in [0.15, 0.2) is 5.65 Å². The molecule has 1 fully saturated rings. The molecule has 2 aromatic heterocycles. The molecule has 3 aromatic rings. The van der Waals surface area contributed by atoms with E-state index in [9.17, 15) is 0 Å². The van der Waals surface area contributed by atoms with Crippen LogP contribution in [0.4, 0.5) is 0 Å². The lowest BCUT2D eigenvalue weighted by atomic mass is 9.93. The van der Waals surface area contributed by atoms with Crippen molar-refractivity contribution in [3.63, 3.8) is 0 Å². The molecule has 2 aliphatic rings. The van der Waals surface area contributed by atoms with Gasteiger partial charge in [-0.2, -0.15) is 5.10 Å². The minimum Gasteiger partial charge on any atom is -0.496 e. The van der Waals surface area contributed by atoms with Gasteiger partial charge in [0, 0.05) is 60.4 Å². The quantitative estimate of drug-likeness (QED) is 0.598. The van der Waals surface area contributed by atoms with E-state index < -0.39 is 0 Å². The Bertz CT molecular complexity index is 1140. The molecule has 32 heavy (non-hydrogen) atoms. The van der Waals surface area contributed by atoms with Gasteiger partial charge in [-0.05, 0) is 44.6 Å². The van der Waals surface area contributed by atoms with Crippen LogP contribution in [0.15, 0.2) is 30.5 Å². The van der Waals surface area contributed by atoms with E-state index in [1.54, 1.807) is 7.11 Å². The third-order valence-corrected chi connectivity index (χ3v) is 7.01. The number of fused-ring (bicyclic) bond motifs is 6. The molecule has 170 valence electrons. The van der Waals surface area contributed by atoms with Crippen molar-refractivity contribution in [3.8, 4) is 5.75 Å². The first-order valence-electron chi connectivity index (χ1n) is 11.7. The normalized spacial score (nSPS) is 20.8. The van der Waals surface area contributed by atoms with Crippen LogP contribution in [0.1, 0.15) is 67.7 Å². The maximum absolute atomic E-state index is 5.60. The molecule has 6 nitrogen and oxygen atoms in total. The lowest BCUT2D eigenvalue weighted by Crippen LogP contribution is -2.38. The van der Waals surface area contributed by atoms with Gasteiger partial charge in [-0.15, -0.1) is 0 Å². The fraction of sp³-hybridized carbons (Fsp3) is 0.538. The van der Waals surface area contributed by atoms with Gasteiger partial charge in [0.1, 0.15) is 5.75 Å². The van der Waals surface area contributed by atoms with Crippen molar-refractivity contribution in [1.29, 1.82) is 0 Å². The average Bonchev–Trinajstić information content (AvgIpc) is 3.28. The Hall–Kier alpha value is -2.44. The molecule has 0 radical (unpaired) electrons. The summed E-state index contributed by atoms with van der Waals surface area (Å²) < 4.78 is 7.73. The third-order valence-electron chi connectivity index (χ3n) is 7.01. The van der Waals surface area contributed by atoms with Gasteiger partial charge in [0.25, 0.3) is 0 Å². The minimum absolute atomic E-state index is 0.0267. The molecule has 0 spiro atoms. The SMILES string of the molecule is COc1ccc(CN2C3CCC2c2cnc4cc(C(C)(C)C)nn4c2C3)cc1CN(C)C. The van der Waals surface area contributed by atoms with Gasteiger partial charge in [0.05, 0.1) is 18.5 Å². The Morgan fingerprint density at radius 1 is 1.16 bits per heavy atom. The second kappa shape index (κ2) is 7.85. The number of benzene rings is 1. The van der Waals surface area contributed by atoms with Crippen LogP contribution in [0.25, 0.3) is 5.65 Å². The summed E-state index contributed by atoms with van der Waals surface area (Å²) in [5.74, 6) is 0.967. The molecule has 2 atom stereocenters. The number of nitrogens with zero attached hydrogens (tertiary/aromatic N) is 5. The number of methoxy groups -OCH3 is 1. The highest BCUT2D eigenvalue weighted by Gasteiger charge is 2.41. The summed E-state index contributed by atoms with van der Waals surface area (Å²) in [4.78, 5) is 9.68. The van der Waals surface area contributed by atoms with E-state index >= 15 is 0 Å². The zero-order chi connectivity index (χ0) is 22.6. The molecule has 2 unspecified atom stereocenters. The summed E-state index contributed by atoms with van der Waals surface area (Å²) in [6.07, 6.45) is 5.58. The zero-order valence-corrected chi connectivity index (χ0v) is 20.2. The summed E-state index contributed by atoms with van der Waals surface area (Å²) in [6, 6.07) is 9.78. The van der Waals surface area contributed by atoms with Crippen LogP contribution in [0, 0.1) is 0 Å². The van der Waals surface area contributed by atoms with E-state index in [2.05, 4.69) is 79.6 Å². The van der Waals surface area contributed by atoms with Gasteiger partial charge < -0.3 is 9.64 Å². The smallest absolute Gasteiger partial charge is 0.155 e. The molecule has 4 heterocycles. The fourth-order valence-electron chi connectivity index (χ4n) is 5.40. The van der Waals surface area contributed by atoms with Crippen LogP contribution >= 0.6 is 0 Å². The van der Waals surface area contributed by atoms with Crippen molar-refractivity contribution in [2.24, 2.45) is 0 Å².